The van der Waals surface area contributed by atoms with Gasteiger partial charge >= 0.3 is 6.03 Å². The van der Waals surface area contributed by atoms with Gasteiger partial charge in [0.1, 0.15) is 5.82 Å². The molecule has 17 heavy (non-hydrogen) atoms. The maximum atomic E-state index is 13.0. The van der Waals surface area contributed by atoms with Gasteiger partial charge in [0.15, 0.2) is 0 Å². The fourth-order valence-electron chi connectivity index (χ4n) is 1.31. The number of hydrogen-bond donors (Lipinski definition) is 2. The van der Waals surface area contributed by atoms with Crippen molar-refractivity contribution in [1.29, 1.82) is 0 Å². The summed E-state index contributed by atoms with van der Waals surface area (Å²) in [7, 11) is 0. The molecule has 2 N–H and O–H groups in total. The first kappa shape index (κ1) is 13.9. The summed E-state index contributed by atoms with van der Waals surface area (Å²) >= 11 is 3.22. The van der Waals surface area contributed by atoms with E-state index in [0.717, 1.165) is 0 Å². The third-order valence-corrected chi connectivity index (χ3v) is 2.90. The topological polar surface area (TPSA) is 52.6 Å². The van der Waals surface area contributed by atoms with Crippen LogP contribution >= 0.6 is 15.9 Å². The van der Waals surface area contributed by atoms with Gasteiger partial charge in [-0.1, -0.05) is 0 Å². The van der Waals surface area contributed by atoms with E-state index in [2.05, 4.69) is 21.2 Å². The first-order chi connectivity index (χ1) is 8.08. The number of benzene rings is 1. The number of anilines is 1. The number of urea groups is 1. The Kier molecular flexibility index (Phi) is 5.37. The number of amides is 2. The van der Waals surface area contributed by atoms with E-state index in [0.29, 0.717) is 16.7 Å². The lowest BCUT2D eigenvalue weighted by Gasteiger charge is -2.20. The summed E-state index contributed by atoms with van der Waals surface area (Å²) < 4.78 is 13.6. The van der Waals surface area contributed by atoms with Gasteiger partial charge in [0.2, 0.25) is 0 Å². The summed E-state index contributed by atoms with van der Waals surface area (Å²) in [6.07, 6.45) is 0. The summed E-state index contributed by atoms with van der Waals surface area (Å²) in [4.78, 5) is 13.2. The second-order valence-electron chi connectivity index (χ2n) is 3.36. The average molecular weight is 305 g/mol. The van der Waals surface area contributed by atoms with Crippen molar-refractivity contribution in [2.45, 2.75) is 6.92 Å². The Labute approximate surface area is 108 Å². The van der Waals surface area contributed by atoms with Gasteiger partial charge < -0.3 is 15.3 Å². The summed E-state index contributed by atoms with van der Waals surface area (Å²) in [5.41, 5.74) is 0.367. The Morgan fingerprint density at radius 1 is 1.59 bits per heavy atom. The van der Waals surface area contributed by atoms with Crippen molar-refractivity contribution in [3.8, 4) is 0 Å². The van der Waals surface area contributed by atoms with E-state index >= 15 is 0 Å². The molecular weight excluding hydrogens is 291 g/mol. The molecule has 0 aliphatic heterocycles. The molecule has 0 aliphatic carbocycles. The van der Waals surface area contributed by atoms with E-state index < -0.39 is 5.82 Å². The maximum absolute atomic E-state index is 13.0. The second kappa shape index (κ2) is 6.56. The summed E-state index contributed by atoms with van der Waals surface area (Å²) in [5, 5.41) is 11.4. The zero-order chi connectivity index (χ0) is 12.8. The number of hydrogen-bond acceptors (Lipinski definition) is 2. The molecule has 0 fully saturated rings. The minimum Gasteiger partial charge on any atom is -0.395 e. The Morgan fingerprint density at radius 2 is 2.29 bits per heavy atom. The number of rotatable bonds is 4. The van der Waals surface area contributed by atoms with Gasteiger partial charge in [0.05, 0.1) is 12.3 Å². The fraction of sp³-hybridized carbons (Fsp3) is 0.364. The largest absolute Gasteiger partial charge is 0.395 e. The van der Waals surface area contributed by atoms with E-state index in [4.69, 9.17) is 5.11 Å². The second-order valence-corrected chi connectivity index (χ2v) is 4.21. The molecule has 0 heterocycles. The van der Waals surface area contributed by atoms with Crippen LogP contribution in [-0.2, 0) is 0 Å². The molecule has 0 radical (unpaired) electrons. The number of halogens is 2. The molecule has 0 bridgehead atoms. The Hall–Kier alpha value is -1.14. The Morgan fingerprint density at radius 3 is 2.88 bits per heavy atom. The summed E-state index contributed by atoms with van der Waals surface area (Å²) in [5.74, 6) is -0.422. The first-order valence-electron chi connectivity index (χ1n) is 5.20. The molecule has 0 saturated carbocycles. The van der Waals surface area contributed by atoms with Gasteiger partial charge in [0.25, 0.3) is 0 Å². The smallest absolute Gasteiger partial charge is 0.321 e. The summed E-state index contributed by atoms with van der Waals surface area (Å²) in [6, 6.07) is 3.68. The highest BCUT2D eigenvalue weighted by Crippen LogP contribution is 2.23. The number of nitrogens with zero attached hydrogens (tertiary/aromatic N) is 1. The number of aliphatic hydroxyl groups is 1. The van der Waals surface area contributed by atoms with Crippen LogP contribution in [0.2, 0.25) is 0 Å². The van der Waals surface area contributed by atoms with E-state index in [9.17, 15) is 9.18 Å². The molecule has 6 heteroatoms. The van der Waals surface area contributed by atoms with Crippen LogP contribution in [0.25, 0.3) is 0 Å². The molecule has 0 saturated heterocycles. The van der Waals surface area contributed by atoms with E-state index in [1.165, 1.54) is 23.1 Å². The SMILES string of the molecule is CCN(CCO)C(=O)Nc1cc(F)ccc1Br. The Balaban J connectivity index is 2.76. The minimum atomic E-state index is -0.422. The number of aliphatic hydroxyl groups excluding tert-OH is 1. The van der Waals surface area contributed by atoms with Crippen LogP contribution in [-0.4, -0.2) is 35.7 Å². The summed E-state index contributed by atoms with van der Waals surface area (Å²) in [6.45, 7) is 2.41. The molecule has 0 aromatic heterocycles. The highest BCUT2D eigenvalue weighted by atomic mass is 79.9. The van der Waals surface area contributed by atoms with Crippen molar-refractivity contribution in [3.63, 3.8) is 0 Å². The van der Waals surface area contributed by atoms with E-state index in [1.54, 1.807) is 6.92 Å². The molecule has 1 rings (SSSR count). The zero-order valence-corrected chi connectivity index (χ0v) is 11.0. The third-order valence-electron chi connectivity index (χ3n) is 2.21. The van der Waals surface area contributed by atoms with Crippen molar-refractivity contribution in [3.05, 3.63) is 28.5 Å². The van der Waals surface area contributed by atoms with E-state index in [1.807, 2.05) is 0 Å². The Bertz CT molecular complexity index is 401. The van der Waals surface area contributed by atoms with Crippen molar-refractivity contribution in [2.24, 2.45) is 0 Å². The van der Waals surface area contributed by atoms with Crippen molar-refractivity contribution >= 4 is 27.6 Å². The van der Waals surface area contributed by atoms with Crippen LogP contribution < -0.4 is 5.32 Å². The zero-order valence-electron chi connectivity index (χ0n) is 9.41. The van der Waals surface area contributed by atoms with Crippen molar-refractivity contribution < 1.29 is 14.3 Å². The number of likely N-dealkylation sites (N-methyl/N-ethyl adjacent to an activating group) is 1. The van der Waals surface area contributed by atoms with Gasteiger partial charge in [-0.05, 0) is 41.1 Å². The molecule has 0 aliphatic rings. The molecule has 94 valence electrons. The number of nitrogens with one attached hydrogen (secondary N) is 1. The lowest BCUT2D eigenvalue weighted by atomic mass is 10.3. The third kappa shape index (κ3) is 3.98. The molecule has 0 spiro atoms. The van der Waals surface area contributed by atoms with Crippen LogP contribution in [0.5, 0.6) is 0 Å². The highest BCUT2D eigenvalue weighted by Gasteiger charge is 2.12. The van der Waals surface area contributed by atoms with Gasteiger partial charge in [-0.25, -0.2) is 9.18 Å². The molecule has 1 aromatic rings. The number of carbonyl (C=O) groups excluding carboxylic acids is 1. The average Bonchev–Trinajstić information content (AvgIpc) is 2.30. The van der Waals surface area contributed by atoms with Gasteiger partial charge in [-0.3, -0.25) is 0 Å². The molecule has 1 aromatic carbocycles. The van der Waals surface area contributed by atoms with Crippen molar-refractivity contribution in [2.75, 3.05) is 25.0 Å². The van der Waals surface area contributed by atoms with Crippen LogP contribution in [0.3, 0.4) is 0 Å². The van der Waals surface area contributed by atoms with E-state index in [-0.39, 0.29) is 19.2 Å². The predicted octanol–water partition coefficient (Wildman–Crippen LogP) is 2.43. The fourth-order valence-corrected chi connectivity index (χ4v) is 1.66. The lowest BCUT2D eigenvalue weighted by Crippen LogP contribution is -2.36. The minimum absolute atomic E-state index is 0.106. The molecule has 4 nitrogen and oxygen atoms in total. The van der Waals surface area contributed by atoms with Crippen LogP contribution in [0.15, 0.2) is 22.7 Å². The van der Waals surface area contributed by atoms with Gasteiger partial charge in [-0.2, -0.15) is 0 Å². The van der Waals surface area contributed by atoms with Crippen LogP contribution in [0.1, 0.15) is 6.92 Å². The number of carbonyl (C=O) groups is 1. The molecule has 0 unspecified atom stereocenters. The standard InChI is InChI=1S/C11H14BrFN2O2/c1-2-15(5-6-16)11(17)14-10-7-8(13)3-4-9(10)12/h3-4,7,16H,2,5-6H2,1H3,(H,14,17). The monoisotopic (exact) mass is 304 g/mol. The molecule has 0 atom stereocenters. The quantitative estimate of drug-likeness (QED) is 0.897. The van der Waals surface area contributed by atoms with Crippen molar-refractivity contribution in [1.82, 2.24) is 4.90 Å². The maximum Gasteiger partial charge on any atom is 0.321 e. The molecular formula is C11H14BrFN2O2. The highest BCUT2D eigenvalue weighted by molar-refractivity contribution is 9.10. The van der Waals surface area contributed by atoms with Crippen LogP contribution in [0, 0.1) is 5.82 Å². The normalized spacial score (nSPS) is 10.1. The molecule has 2 amide bonds. The van der Waals surface area contributed by atoms with Gasteiger partial charge in [0, 0.05) is 17.6 Å². The lowest BCUT2D eigenvalue weighted by molar-refractivity contribution is 0.192. The predicted molar refractivity (Wildman–Crippen MR) is 67.5 cm³/mol. The van der Waals surface area contributed by atoms with Gasteiger partial charge in [-0.15, -0.1) is 0 Å². The first-order valence-corrected chi connectivity index (χ1v) is 5.99. The van der Waals surface area contributed by atoms with Crippen LogP contribution in [0.4, 0.5) is 14.9 Å².